The molecule has 100 valence electrons. The smallest absolute Gasteiger partial charge is 0.225 e. The van der Waals surface area contributed by atoms with Gasteiger partial charge in [0, 0.05) is 24.7 Å². The van der Waals surface area contributed by atoms with Crippen LogP contribution in [0.3, 0.4) is 0 Å². The molecule has 1 atom stereocenters. The Labute approximate surface area is 110 Å². The molecule has 0 saturated carbocycles. The summed E-state index contributed by atoms with van der Waals surface area (Å²) in [5.74, 6) is 0.333. The van der Waals surface area contributed by atoms with E-state index in [0.717, 1.165) is 30.6 Å². The normalized spacial score (nSPS) is 12.2. The van der Waals surface area contributed by atoms with Crippen LogP contribution in [0.1, 0.15) is 39.2 Å². The highest BCUT2D eigenvalue weighted by atomic mass is 16.2. The van der Waals surface area contributed by atoms with Gasteiger partial charge in [-0.1, -0.05) is 32.9 Å². The molecule has 1 aromatic rings. The largest absolute Gasteiger partial charge is 0.399 e. The molecule has 0 fully saturated rings. The van der Waals surface area contributed by atoms with Crippen LogP contribution in [0.2, 0.25) is 0 Å². The van der Waals surface area contributed by atoms with Crippen molar-refractivity contribution < 1.29 is 4.79 Å². The Bertz CT molecular complexity index is 390. The Balaban J connectivity index is 2.77. The second kappa shape index (κ2) is 7.04. The first-order chi connectivity index (χ1) is 8.58. The van der Waals surface area contributed by atoms with Crippen molar-refractivity contribution in [2.24, 2.45) is 5.92 Å². The lowest BCUT2D eigenvalue weighted by Gasteiger charge is -2.25. The lowest BCUT2D eigenvalue weighted by atomic mass is 10.1. The molecule has 0 aliphatic heterocycles. The summed E-state index contributed by atoms with van der Waals surface area (Å²) in [5.41, 5.74) is 7.61. The second-order valence-electron chi connectivity index (χ2n) is 4.81. The summed E-state index contributed by atoms with van der Waals surface area (Å²) in [5, 5.41) is 0. The van der Waals surface area contributed by atoms with Crippen LogP contribution >= 0.6 is 0 Å². The molecule has 0 aromatic heterocycles. The van der Waals surface area contributed by atoms with Gasteiger partial charge in [0.1, 0.15) is 0 Å². The van der Waals surface area contributed by atoms with E-state index in [1.807, 2.05) is 43.0 Å². The molecule has 1 rings (SSSR count). The molecule has 1 unspecified atom stereocenters. The predicted molar refractivity (Wildman–Crippen MR) is 76.0 cm³/mol. The molecule has 0 heterocycles. The van der Waals surface area contributed by atoms with Crippen molar-refractivity contribution in [3.05, 3.63) is 29.8 Å². The van der Waals surface area contributed by atoms with Crippen LogP contribution in [0, 0.1) is 5.92 Å². The molecular weight excluding hydrogens is 224 g/mol. The number of amides is 1. The molecule has 1 aromatic carbocycles. The van der Waals surface area contributed by atoms with Crippen molar-refractivity contribution in [2.75, 3.05) is 12.3 Å². The Morgan fingerprint density at radius 3 is 2.67 bits per heavy atom. The lowest BCUT2D eigenvalue weighted by Crippen LogP contribution is -2.35. The summed E-state index contributed by atoms with van der Waals surface area (Å²) in [6, 6.07) is 7.75. The van der Waals surface area contributed by atoms with Crippen LogP contribution in [-0.4, -0.2) is 17.4 Å². The fourth-order valence-corrected chi connectivity index (χ4v) is 1.94. The van der Waals surface area contributed by atoms with E-state index < -0.39 is 0 Å². The average molecular weight is 248 g/mol. The number of anilines is 1. The van der Waals surface area contributed by atoms with Gasteiger partial charge in [-0.25, -0.2) is 0 Å². The fourth-order valence-electron chi connectivity index (χ4n) is 1.94. The highest BCUT2D eigenvalue weighted by Crippen LogP contribution is 2.14. The highest BCUT2D eigenvalue weighted by Gasteiger charge is 2.18. The summed E-state index contributed by atoms with van der Waals surface area (Å²) in [6.07, 6.45) is 1.86. The van der Waals surface area contributed by atoms with Crippen molar-refractivity contribution >= 4 is 11.6 Å². The third kappa shape index (κ3) is 4.06. The summed E-state index contributed by atoms with van der Waals surface area (Å²) < 4.78 is 0. The summed E-state index contributed by atoms with van der Waals surface area (Å²) in [6.45, 7) is 7.59. The van der Waals surface area contributed by atoms with E-state index >= 15 is 0 Å². The molecule has 0 aliphatic carbocycles. The third-order valence-corrected chi connectivity index (χ3v) is 3.16. The van der Waals surface area contributed by atoms with Crippen LogP contribution in [0.15, 0.2) is 24.3 Å². The van der Waals surface area contributed by atoms with Gasteiger partial charge in [-0.15, -0.1) is 0 Å². The van der Waals surface area contributed by atoms with Crippen molar-refractivity contribution in [1.82, 2.24) is 4.90 Å². The molecule has 0 radical (unpaired) electrons. The van der Waals surface area contributed by atoms with Gasteiger partial charge < -0.3 is 10.6 Å². The van der Waals surface area contributed by atoms with Crippen LogP contribution in [0.25, 0.3) is 0 Å². The monoisotopic (exact) mass is 248 g/mol. The third-order valence-electron chi connectivity index (χ3n) is 3.16. The highest BCUT2D eigenvalue weighted by molar-refractivity contribution is 5.78. The van der Waals surface area contributed by atoms with Crippen molar-refractivity contribution in [2.45, 2.75) is 40.2 Å². The number of hydrogen-bond acceptors (Lipinski definition) is 2. The Hall–Kier alpha value is -1.51. The topological polar surface area (TPSA) is 46.3 Å². The van der Waals surface area contributed by atoms with Gasteiger partial charge in [0.15, 0.2) is 0 Å². The van der Waals surface area contributed by atoms with E-state index in [4.69, 9.17) is 5.73 Å². The van der Waals surface area contributed by atoms with E-state index in [9.17, 15) is 4.79 Å². The zero-order chi connectivity index (χ0) is 13.5. The first-order valence-corrected chi connectivity index (χ1v) is 6.71. The Kier molecular flexibility index (Phi) is 5.69. The Morgan fingerprint density at radius 1 is 1.39 bits per heavy atom. The maximum atomic E-state index is 12.2. The van der Waals surface area contributed by atoms with Crippen LogP contribution in [-0.2, 0) is 11.3 Å². The predicted octanol–water partition coefficient (Wildman–Crippen LogP) is 3.05. The van der Waals surface area contributed by atoms with E-state index in [1.165, 1.54) is 0 Å². The first-order valence-electron chi connectivity index (χ1n) is 6.71. The zero-order valence-electron chi connectivity index (χ0n) is 11.6. The number of carbonyl (C=O) groups is 1. The SMILES string of the molecule is CCCN(Cc1cccc(N)c1)C(=O)C(C)CC. The molecule has 0 aliphatic rings. The minimum Gasteiger partial charge on any atom is -0.399 e. The van der Waals surface area contributed by atoms with E-state index in [0.29, 0.717) is 6.54 Å². The minimum atomic E-state index is 0.0950. The molecule has 0 bridgehead atoms. The second-order valence-corrected chi connectivity index (χ2v) is 4.81. The molecular formula is C15H24N2O. The summed E-state index contributed by atoms with van der Waals surface area (Å²) in [7, 11) is 0. The maximum Gasteiger partial charge on any atom is 0.225 e. The van der Waals surface area contributed by atoms with Crippen LogP contribution < -0.4 is 5.73 Å². The number of hydrogen-bond donors (Lipinski definition) is 1. The van der Waals surface area contributed by atoms with Crippen LogP contribution in [0.4, 0.5) is 5.69 Å². The maximum absolute atomic E-state index is 12.2. The van der Waals surface area contributed by atoms with Crippen LogP contribution in [0.5, 0.6) is 0 Å². The zero-order valence-corrected chi connectivity index (χ0v) is 11.6. The number of nitrogen functional groups attached to an aromatic ring is 1. The molecule has 1 amide bonds. The standard InChI is InChI=1S/C15H24N2O/c1-4-9-17(15(18)12(3)5-2)11-13-7-6-8-14(16)10-13/h6-8,10,12H,4-5,9,11,16H2,1-3H3. The van der Waals surface area contributed by atoms with E-state index in [-0.39, 0.29) is 11.8 Å². The van der Waals surface area contributed by atoms with Gasteiger partial charge in [0.2, 0.25) is 5.91 Å². The van der Waals surface area contributed by atoms with Crippen molar-refractivity contribution in [3.8, 4) is 0 Å². The minimum absolute atomic E-state index is 0.0950. The number of rotatable bonds is 6. The number of benzene rings is 1. The van der Waals surface area contributed by atoms with Crippen molar-refractivity contribution in [3.63, 3.8) is 0 Å². The van der Waals surface area contributed by atoms with E-state index in [1.54, 1.807) is 0 Å². The average Bonchev–Trinajstić information content (AvgIpc) is 2.36. The summed E-state index contributed by atoms with van der Waals surface area (Å²) >= 11 is 0. The molecule has 2 N–H and O–H groups in total. The first kappa shape index (κ1) is 14.6. The van der Waals surface area contributed by atoms with Gasteiger partial charge in [0.05, 0.1) is 0 Å². The quantitative estimate of drug-likeness (QED) is 0.786. The van der Waals surface area contributed by atoms with Gasteiger partial charge in [-0.3, -0.25) is 4.79 Å². The van der Waals surface area contributed by atoms with Gasteiger partial charge >= 0.3 is 0 Å². The number of carbonyl (C=O) groups excluding carboxylic acids is 1. The molecule has 18 heavy (non-hydrogen) atoms. The van der Waals surface area contributed by atoms with Gasteiger partial charge in [-0.05, 0) is 30.5 Å². The molecule has 3 nitrogen and oxygen atoms in total. The fraction of sp³-hybridized carbons (Fsp3) is 0.533. The lowest BCUT2D eigenvalue weighted by molar-refractivity contribution is -0.135. The van der Waals surface area contributed by atoms with Gasteiger partial charge in [-0.2, -0.15) is 0 Å². The Morgan fingerprint density at radius 2 is 2.11 bits per heavy atom. The van der Waals surface area contributed by atoms with E-state index in [2.05, 4.69) is 6.92 Å². The molecule has 0 spiro atoms. The van der Waals surface area contributed by atoms with Crippen molar-refractivity contribution in [1.29, 1.82) is 0 Å². The molecule has 0 saturated heterocycles. The number of nitrogens with two attached hydrogens (primary N) is 1. The van der Waals surface area contributed by atoms with Gasteiger partial charge in [0.25, 0.3) is 0 Å². The number of nitrogens with zero attached hydrogens (tertiary/aromatic N) is 1. The molecule has 3 heteroatoms. The summed E-state index contributed by atoms with van der Waals surface area (Å²) in [4.78, 5) is 14.2.